The molecule has 0 radical (unpaired) electrons. The molecule has 0 aliphatic rings. The zero-order valence-corrected chi connectivity index (χ0v) is 9.77. The van der Waals surface area contributed by atoms with E-state index in [1.807, 2.05) is 24.4 Å². The third kappa shape index (κ3) is 2.22. The highest BCUT2D eigenvalue weighted by Gasteiger charge is 2.16. The number of methoxy groups -OCH3 is 1. The average molecular weight is 234 g/mol. The number of hydrogen-bond acceptors (Lipinski definition) is 3. The van der Waals surface area contributed by atoms with E-state index in [2.05, 4.69) is 4.98 Å². The molecule has 1 aromatic heterocycles. The maximum Gasteiger partial charge on any atom is 0.214 e. The highest BCUT2D eigenvalue weighted by Crippen LogP contribution is 2.24. The van der Waals surface area contributed by atoms with Crippen LogP contribution < -0.4 is 4.74 Å². The predicted molar refractivity (Wildman–Crippen MR) is 65.0 cm³/mol. The second kappa shape index (κ2) is 4.45. The van der Waals surface area contributed by atoms with Gasteiger partial charge in [0.25, 0.3) is 0 Å². The van der Waals surface area contributed by atoms with Crippen molar-refractivity contribution in [3.05, 3.63) is 40.1 Å². The Morgan fingerprint density at radius 3 is 2.94 bits per heavy atom. The summed E-state index contributed by atoms with van der Waals surface area (Å²) in [7, 11) is 1.60. The predicted octanol–water partition coefficient (Wildman–Crippen LogP) is 2.38. The van der Waals surface area contributed by atoms with E-state index in [-0.39, 0.29) is 4.92 Å². The second-order valence-corrected chi connectivity index (χ2v) is 4.06. The van der Waals surface area contributed by atoms with Crippen LogP contribution in [0.3, 0.4) is 0 Å². The van der Waals surface area contributed by atoms with Gasteiger partial charge in [-0.15, -0.1) is 0 Å². The van der Waals surface area contributed by atoms with Crippen LogP contribution in [0.4, 0.5) is 0 Å². The smallest absolute Gasteiger partial charge is 0.214 e. The highest BCUT2D eigenvalue weighted by molar-refractivity contribution is 5.84. The number of nitrogens with one attached hydrogen (secondary N) is 1. The Morgan fingerprint density at radius 2 is 2.29 bits per heavy atom. The Morgan fingerprint density at radius 1 is 1.53 bits per heavy atom. The van der Waals surface area contributed by atoms with Crippen LogP contribution in [0.1, 0.15) is 12.5 Å². The molecule has 1 heterocycles. The van der Waals surface area contributed by atoms with Gasteiger partial charge in [0.2, 0.25) is 6.04 Å². The average Bonchev–Trinajstić information content (AvgIpc) is 2.71. The Bertz CT molecular complexity index is 548. The molecular weight excluding hydrogens is 220 g/mol. The summed E-state index contributed by atoms with van der Waals surface area (Å²) >= 11 is 0. The summed E-state index contributed by atoms with van der Waals surface area (Å²) in [5, 5.41) is 11.6. The van der Waals surface area contributed by atoms with Crippen LogP contribution in [0.15, 0.2) is 24.4 Å². The summed E-state index contributed by atoms with van der Waals surface area (Å²) < 4.78 is 5.15. The van der Waals surface area contributed by atoms with E-state index in [1.165, 1.54) is 0 Å². The first-order valence-electron chi connectivity index (χ1n) is 5.39. The van der Waals surface area contributed by atoms with Crippen molar-refractivity contribution in [3.63, 3.8) is 0 Å². The zero-order chi connectivity index (χ0) is 12.4. The number of fused-ring (bicyclic) bond motifs is 1. The number of nitro groups is 1. The minimum absolute atomic E-state index is 0.265. The first-order chi connectivity index (χ1) is 8.11. The fourth-order valence-electron chi connectivity index (χ4n) is 1.85. The van der Waals surface area contributed by atoms with E-state index in [0.29, 0.717) is 6.42 Å². The van der Waals surface area contributed by atoms with Crippen LogP contribution in [0, 0.1) is 10.1 Å². The van der Waals surface area contributed by atoms with Crippen LogP contribution >= 0.6 is 0 Å². The molecular formula is C12H14N2O3. The lowest BCUT2D eigenvalue weighted by Crippen LogP contribution is -2.17. The van der Waals surface area contributed by atoms with E-state index < -0.39 is 6.04 Å². The van der Waals surface area contributed by atoms with E-state index in [0.717, 1.165) is 22.2 Å². The van der Waals surface area contributed by atoms with Gasteiger partial charge in [0.15, 0.2) is 0 Å². The molecule has 2 aromatic rings. The van der Waals surface area contributed by atoms with Crippen molar-refractivity contribution in [2.45, 2.75) is 19.4 Å². The van der Waals surface area contributed by atoms with Crippen molar-refractivity contribution < 1.29 is 9.66 Å². The van der Waals surface area contributed by atoms with Gasteiger partial charge in [-0.2, -0.15) is 0 Å². The van der Waals surface area contributed by atoms with Crippen molar-refractivity contribution in [1.29, 1.82) is 0 Å². The first kappa shape index (κ1) is 11.4. The second-order valence-electron chi connectivity index (χ2n) is 4.06. The van der Waals surface area contributed by atoms with Crippen molar-refractivity contribution >= 4 is 10.9 Å². The summed E-state index contributed by atoms with van der Waals surface area (Å²) in [5.41, 5.74) is 1.92. The molecule has 90 valence electrons. The fraction of sp³-hybridized carbons (Fsp3) is 0.333. The molecule has 0 bridgehead atoms. The fourth-order valence-corrected chi connectivity index (χ4v) is 1.85. The molecule has 17 heavy (non-hydrogen) atoms. The van der Waals surface area contributed by atoms with Gasteiger partial charge in [-0.3, -0.25) is 10.1 Å². The summed E-state index contributed by atoms with van der Waals surface area (Å²) in [6, 6.07) is 5.09. The van der Waals surface area contributed by atoms with Crippen LogP contribution in [0.25, 0.3) is 10.9 Å². The molecule has 1 atom stereocenters. The number of nitrogens with zero attached hydrogens (tertiary/aromatic N) is 1. The van der Waals surface area contributed by atoms with E-state index in [4.69, 9.17) is 4.74 Å². The summed E-state index contributed by atoms with van der Waals surface area (Å²) in [5.74, 6) is 0.757. The van der Waals surface area contributed by atoms with Crippen molar-refractivity contribution in [2.24, 2.45) is 0 Å². The molecule has 0 saturated heterocycles. The van der Waals surface area contributed by atoms with E-state index >= 15 is 0 Å². The number of benzene rings is 1. The van der Waals surface area contributed by atoms with Gasteiger partial charge in [-0.05, 0) is 23.8 Å². The summed E-state index contributed by atoms with van der Waals surface area (Å²) in [6.45, 7) is 1.61. The van der Waals surface area contributed by atoms with Gasteiger partial charge >= 0.3 is 0 Å². The van der Waals surface area contributed by atoms with Gasteiger partial charge in [0, 0.05) is 35.4 Å². The standard InChI is InChI=1S/C12H14N2O3/c1-8(14(15)16)5-9-7-13-12-4-3-10(17-2)6-11(9)12/h3-4,6-8,13H,5H2,1-2H3. The van der Waals surface area contributed by atoms with Crippen molar-refractivity contribution in [1.82, 2.24) is 4.98 Å². The van der Waals surface area contributed by atoms with Crippen LogP contribution in [0.2, 0.25) is 0 Å². The molecule has 0 fully saturated rings. The largest absolute Gasteiger partial charge is 0.497 e. The number of ether oxygens (including phenoxy) is 1. The Kier molecular flexibility index (Phi) is 2.99. The number of rotatable bonds is 4. The van der Waals surface area contributed by atoms with Crippen molar-refractivity contribution in [3.8, 4) is 5.75 Å². The maximum absolute atomic E-state index is 10.7. The van der Waals surface area contributed by atoms with Crippen LogP contribution in [-0.4, -0.2) is 23.1 Å². The minimum Gasteiger partial charge on any atom is -0.497 e. The van der Waals surface area contributed by atoms with Crippen LogP contribution in [-0.2, 0) is 6.42 Å². The number of aromatic amines is 1. The third-order valence-electron chi connectivity index (χ3n) is 2.85. The number of aromatic nitrogens is 1. The molecule has 1 aromatic carbocycles. The number of H-pyrrole nitrogens is 1. The van der Waals surface area contributed by atoms with Gasteiger partial charge < -0.3 is 9.72 Å². The van der Waals surface area contributed by atoms with Gasteiger partial charge in [-0.1, -0.05) is 0 Å². The Balaban J connectivity index is 2.37. The molecule has 0 saturated carbocycles. The van der Waals surface area contributed by atoms with E-state index in [1.54, 1.807) is 14.0 Å². The number of hydrogen-bond donors (Lipinski definition) is 1. The minimum atomic E-state index is -0.583. The molecule has 0 spiro atoms. The summed E-state index contributed by atoms with van der Waals surface area (Å²) in [6.07, 6.45) is 2.24. The third-order valence-corrected chi connectivity index (χ3v) is 2.85. The first-order valence-corrected chi connectivity index (χ1v) is 5.39. The lowest BCUT2D eigenvalue weighted by Gasteiger charge is -2.03. The van der Waals surface area contributed by atoms with Crippen LogP contribution in [0.5, 0.6) is 5.75 Å². The molecule has 5 heteroatoms. The normalized spacial score (nSPS) is 12.6. The van der Waals surface area contributed by atoms with Gasteiger partial charge in [-0.25, -0.2) is 0 Å². The molecule has 0 aliphatic carbocycles. The highest BCUT2D eigenvalue weighted by atomic mass is 16.6. The molecule has 2 rings (SSSR count). The maximum atomic E-state index is 10.7. The van der Waals surface area contributed by atoms with Gasteiger partial charge in [0.1, 0.15) is 5.75 Å². The molecule has 0 amide bonds. The van der Waals surface area contributed by atoms with E-state index in [9.17, 15) is 10.1 Å². The topological polar surface area (TPSA) is 68.2 Å². The quantitative estimate of drug-likeness (QED) is 0.652. The lowest BCUT2D eigenvalue weighted by atomic mass is 10.1. The molecule has 5 nitrogen and oxygen atoms in total. The molecule has 1 N–H and O–H groups in total. The summed E-state index contributed by atoms with van der Waals surface area (Å²) in [4.78, 5) is 13.5. The molecule has 1 unspecified atom stereocenters. The zero-order valence-electron chi connectivity index (χ0n) is 9.77. The lowest BCUT2D eigenvalue weighted by molar-refractivity contribution is -0.517. The van der Waals surface area contributed by atoms with Crippen molar-refractivity contribution in [2.75, 3.05) is 7.11 Å². The molecule has 0 aliphatic heterocycles. The SMILES string of the molecule is COc1ccc2[nH]cc(CC(C)[N+](=O)[O-])c2c1. The monoisotopic (exact) mass is 234 g/mol. The Labute approximate surface area is 98.5 Å². The van der Waals surface area contributed by atoms with Gasteiger partial charge in [0.05, 0.1) is 7.11 Å². The Hall–Kier alpha value is -2.04.